The van der Waals surface area contributed by atoms with Crippen LogP contribution in [0.25, 0.3) is 0 Å². The molecule has 0 saturated carbocycles. The van der Waals surface area contributed by atoms with E-state index in [-0.39, 0.29) is 5.56 Å². The minimum atomic E-state index is -0.937. The summed E-state index contributed by atoms with van der Waals surface area (Å²) in [7, 11) is 0. The van der Waals surface area contributed by atoms with Crippen molar-refractivity contribution in [2.24, 2.45) is 0 Å². The van der Waals surface area contributed by atoms with Gasteiger partial charge in [-0.25, -0.2) is 14.8 Å². The van der Waals surface area contributed by atoms with Crippen molar-refractivity contribution in [3.63, 3.8) is 0 Å². The van der Waals surface area contributed by atoms with Crippen molar-refractivity contribution in [3.05, 3.63) is 46.3 Å². The van der Waals surface area contributed by atoms with Gasteiger partial charge in [-0.2, -0.15) is 0 Å². The standard InChI is InChI=1S/C15H16N2O2S/c1-8-5-6-12(14(18)19)13(7-8)20-15-16-10(3)9(2)11(4)17-15/h5-7H,1-4H3,(H,18,19). The Morgan fingerprint density at radius 1 is 1.10 bits per heavy atom. The molecule has 0 spiro atoms. The molecule has 1 N–H and O–H groups in total. The van der Waals surface area contributed by atoms with Crippen LogP contribution in [0.5, 0.6) is 0 Å². The van der Waals surface area contributed by atoms with E-state index in [0.29, 0.717) is 10.1 Å². The molecule has 104 valence electrons. The van der Waals surface area contributed by atoms with Crippen molar-refractivity contribution in [1.82, 2.24) is 9.97 Å². The third-order valence-corrected chi connectivity index (χ3v) is 4.10. The number of hydrogen-bond donors (Lipinski definition) is 1. The first kappa shape index (κ1) is 14.5. The molecule has 20 heavy (non-hydrogen) atoms. The van der Waals surface area contributed by atoms with Crippen molar-refractivity contribution in [1.29, 1.82) is 0 Å². The van der Waals surface area contributed by atoms with Gasteiger partial charge >= 0.3 is 5.97 Å². The molecule has 0 aliphatic carbocycles. The Morgan fingerprint density at radius 2 is 1.70 bits per heavy atom. The number of carbonyl (C=O) groups is 1. The highest BCUT2D eigenvalue weighted by Gasteiger charge is 2.13. The molecule has 0 bridgehead atoms. The van der Waals surface area contributed by atoms with Crippen molar-refractivity contribution >= 4 is 17.7 Å². The van der Waals surface area contributed by atoms with E-state index in [2.05, 4.69) is 9.97 Å². The molecule has 1 aromatic carbocycles. The quantitative estimate of drug-likeness (QED) is 0.875. The summed E-state index contributed by atoms with van der Waals surface area (Å²) in [6, 6.07) is 5.26. The molecule has 0 aliphatic rings. The molecule has 1 heterocycles. The molecule has 0 amide bonds. The van der Waals surface area contributed by atoms with Crippen LogP contribution < -0.4 is 0 Å². The Hall–Kier alpha value is -1.88. The molecule has 0 unspecified atom stereocenters. The Balaban J connectivity index is 2.44. The lowest BCUT2D eigenvalue weighted by Crippen LogP contribution is -2.01. The molecule has 0 fully saturated rings. The van der Waals surface area contributed by atoms with Gasteiger partial charge in [0.25, 0.3) is 0 Å². The van der Waals surface area contributed by atoms with E-state index < -0.39 is 5.97 Å². The van der Waals surface area contributed by atoms with Gasteiger partial charge in [-0.05, 0) is 62.7 Å². The Labute approximate surface area is 122 Å². The van der Waals surface area contributed by atoms with Crippen LogP contribution in [0, 0.1) is 27.7 Å². The van der Waals surface area contributed by atoms with E-state index in [1.54, 1.807) is 12.1 Å². The summed E-state index contributed by atoms with van der Waals surface area (Å²) in [5.74, 6) is -0.937. The first-order valence-electron chi connectivity index (χ1n) is 6.22. The lowest BCUT2D eigenvalue weighted by molar-refractivity contribution is 0.0693. The third kappa shape index (κ3) is 2.99. The van der Waals surface area contributed by atoms with E-state index in [1.807, 2.05) is 33.8 Å². The molecule has 2 aromatic rings. The number of aromatic carboxylic acids is 1. The van der Waals surface area contributed by atoms with Crippen LogP contribution >= 0.6 is 11.8 Å². The monoisotopic (exact) mass is 288 g/mol. The Kier molecular flexibility index (Phi) is 4.09. The summed E-state index contributed by atoms with van der Waals surface area (Å²) < 4.78 is 0. The maximum atomic E-state index is 11.3. The molecule has 0 saturated heterocycles. The number of nitrogens with zero attached hydrogens (tertiary/aromatic N) is 2. The zero-order valence-corrected chi connectivity index (χ0v) is 12.7. The van der Waals surface area contributed by atoms with Crippen LogP contribution in [0.4, 0.5) is 0 Å². The van der Waals surface area contributed by atoms with Crippen LogP contribution in [0.3, 0.4) is 0 Å². The number of carboxylic acid groups (broad SMARTS) is 1. The summed E-state index contributed by atoms with van der Waals surface area (Å²) in [5, 5.41) is 9.82. The summed E-state index contributed by atoms with van der Waals surface area (Å²) >= 11 is 1.29. The predicted molar refractivity (Wildman–Crippen MR) is 78.5 cm³/mol. The highest BCUT2D eigenvalue weighted by atomic mass is 32.2. The van der Waals surface area contributed by atoms with Gasteiger partial charge in [0, 0.05) is 16.3 Å². The van der Waals surface area contributed by atoms with Crippen molar-refractivity contribution in [3.8, 4) is 0 Å². The fourth-order valence-electron chi connectivity index (χ4n) is 1.78. The zero-order chi connectivity index (χ0) is 14.9. The lowest BCUT2D eigenvalue weighted by atomic mass is 10.1. The van der Waals surface area contributed by atoms with Gasteiger partial charge in [-0.3, -0.25) is 0 Å². The minimum Gasteiger partial charge on any atom is -0.478 e. The summed E-state index contributed by atoms with van der Waals surface area (Å²) in [6.07, 6.45) is 0. The average molecular weight is 288 g/mol. The predicted octanol–water partition coefficient (Wildman–Crippen LogP) is 3.56. The molecule has 5 heteroatoms. The number of hydrogen-bond acceptors (Lipinski definition) is 4. The molecule has 0 atom stereocenters. The van der Waals surface area contributed by atoms with Crippen LogP contribution in [0.1, 0.15) is 32.9 Å². The van der Waals surface area contributed by atoms with Gasteiger partial charge in [0.2, 0.25) is 0 Å². The third-order valence-electron chi connectivity index (χ3n) is 3.18. The van der Waals surface area contributed by atoms with E-state index >= 15 is 0 Å². The van der Waals surface area contributed by atoms with Crippen molar-refractivity contribution < 1.29 is 9.90 Å². The SMILES string of the molecule is Cc1ccc(C(=O)O)c(Sc2nc(C)c(C)c(C)n2)c1. The lowest BCUT2D eigenvalue weighted by Gasteiger charge is -2.09. The van der Waals surface area contributed by atoms with Crippen LogP contribution in [-0.4, -0.2) is 21.0 Å². The normalized spacial score (nSPS) is 10.6. The number of aromatic nitrogens is 2. The number of carboxylic acids is 1. The largest absolute Gasteiger partial charge is 0.478 e. The van der Waals surface area contributed by atoms with Crippen LogP contribution in [0.15, 0.2) is 28.3 Å². The van der Waals surface area contributed by atoms with Crippen molar-refractivity contribution in [2.75, 3.05) is 0 Å². The van der Waals surface area contributed by atoms with E-state index in [1.165, 1.54) is 11.8 Å². The van der Waals surface area contributed by atoms with Gasteiger partial charge in [0.15, 0.2) is 5.16 Å². The van der Waals surface area contributed by atoms with Gasteiger partial charge in [0.05, 0.1) is 5.56 Å². The number of benzene rings is 1. The first-order valence-corrected chi connectivity index (χ1v) is 7.03. The highest BCUT2D eigenvalue weighted by molar-refractivity contribution is 7.99. The smallest absolute Gasteiger partial charge is 0.336 e. The van der Waals surface area contributed by atoms with E-state index in [4.69, 9.17) is 0 Å². The van der Waals surface area contributed by atoms with Gasteiger partial charge in [-0.1, -0.05) is 6.07 Å². The molecular weight excluding hydrogens is 272 g/mol. The fraction of sp³-hybridized carbons (Fsp3) is 0.267. The summed E-state index contributed by atoms with van der Waals surface area (Å²) in [5.41, 5.74) is 4.20. The number of aryl methyl sites for hydroxylation is 3. The molecule has 2 rings (SSSR count). The second-order valence-electron chi connectivity index (χ2n) is 4.71. The summed E-state index contributed by atoms with van der Waals surface area (Å²) in [4.78, 5) is 20.8. The second kappa shape index (κ2) is 5.63. The average Bonchev–Trinajstić information content (AvgIpc) is 2.35. The Morgan fingerprint density at radius 3 is 2.25 bits per heavy atom. The van der Waals surface area contributed by atoms with Gasteiger partial charge < -0.3 is 5.11 Å². The maximum Gasteiger partial charge on any atom is 0.336 e. The van der Waals surface area contributed by atoms with Gasteiger partial charge in [-0.15, -0.1) is 0 Å². The zero-order valence-electron chi connectivity index (χ0n) is 11.9. The molecule has 1 aromatic heterocycles. The van der Waals surface area contributed by atoms with Crippen molar-refractivity contribution in [2.45, 2.75) is 37.7 Å². The Bertz CT molecular complexity index is 661. The minimum absolute atomic E-state index is 0.278. The first-order chi connectivity index (χ1) is 9.38. The fourth-order valence-corrected chi connectivity index (χ4v) is 2.85. The van der Waals surface area contributed by atoms with E-state index in [9.17, 15) is 9.90 Å². The second-order valence-corrected chi connectivity index (χ2v) is 5.72. The van der Waals surface area contributed by atoms with E-state index in [0.717, 1.165) is 22.5 Å². The molecule has 0 aliphatic heterocycles. The molecule has 0 radical (unpaired) electrons. The van der Waals surface area contributed by atoms with Crippen LogP contribution in [0.2, 0.25) is 0 Å². The van der Waals surface area contributed by atoms with Crippen LogP contribution in [-0.2, 0) is 0 Å². The molecule has 4 nitrogen and oxygen atoms in total. The summed E-state index contributed by atoms with van der Waals surface area (Å²) in [6.45, 7) is 7.78. The molecular formula is C15H16N2O2S. The number of rotatable bonds is 3. The topological polar surface area (TPSA) is 63.1 Å². The highest BCUT2D eigenvalue weighted by Crippen LogP contribution is 2.30. The maximum absolute atomic E-state index is 11.3. The van der Waals surface area contributed by atoms with Gasteiger partial charge in [0.1, 0.15) is 0 Å².